The van der Waals surface area contributed by atoms with E-state index in [0.717, 1.165) is 36.9 Å². The van der Waals surface area contributed by atoms with E-state index in [1.54, 1.807) is 0 Å². The van der Waals surface area contributed by atoms with Gasteiger partial charge in [-0.25, -0.2) is 0 Å². The third-order valence-corrected chi connectivity index (χ3v) is 5.61. The molecular formula is C19H37NO. The summed E-state index contributed by atoms with van der Waals surface area (Å²) in [7, 11) is 0. The lowest BCUT2D eigenvalue weighted by molar-refractivity contribution is 0.0378. The Morgan fingerprint density at radius 1 is 1.10 bits per heavy atom. The zero-order valence-electron chi connectivity index (χ0n) is 14.8. The van der Waals surface area contributed by atoms with E-state index in [1.165, 1.54) is 51.6 Å². The number of hydrogen-bond acceptors (Lipinski definition) is 2. The molecule has 2 unspecified atom stereocenters. The van der Waals surface area contributed by atoms with Crippen LogP contribution in [0.4, 0.5) is 0 Å². The summed E-state index contributed by atoms with van der Waals surface area (Å²) in [4.78, 5) is 0. The molecule has 0 aromatic heterocycles. The second kappa shape index (κ2) is 7.97. The fraction of sp³-hybridized carbons (Fsp3) is 1.00. The number of rotatable bonds is 6. The first-order valence-electron chi connectivity index (χ1n) is 9.25. The van der Waals surface area contributed by atoms with Crippen LogP contribution in [0.1, 0.15) is 66.2 Å². The van der Waals surface area contributed by atoms with Crippen LogP contribution < -0.4 is 5.32 Å². The van der Waals surface area contributed by atoms with Crippen molar-refractivity contribution in [1.82, 2.24) is 5.32 Å². The summed E-state index contributed by atoms with van der Waals surface area (Å²) in [5.74, 6) is 3.51. The van der Waals surface area contributed by atoms with Crippen molar-refractivity contribution >= 4 is 0 Å². The molecule has 0 spiro atoms. The van der Waals surface area contributed by atoms with Gasteiger partial charge in [0.25, 0.3) is 0 Å². The van der Waals surface area contributed by atoms with Crippen molar-refractivity contribution in [2.75, 3.05) is 26.3 Å². The van der Waals surface area contributed by atoms with Gasteiger partial charge in [0.1, 0.15) is 0 Å². The lowest BCUT2D eigenvalue weighted by Gasteiger charge is -2.43. The molecule has 1 N–H and O–H groups in total. The molecule has 1 aliphatic heterocycles. The van der Waals surface area contributed by atoms with E-state index in [4.69, 9.17) is 4.74 Å². The van der Waals surface area contributed by atoms with Gasteiger partial charge in [0, 0.05) is 13.2 Å². The summed E-state index contributed by atoms with van der Waals surface area (Å²) >= 11 is 0. The fourth-order valence-corrected chi connectivity index (χ4v) is 4.30. The fourth-order valence-electron chi connectivity index (χ4n) is 4.30. The minimum atomic E-state index is 0.560. The molecule has 124 valence electrons. The summed E-state index contributed by atoms with van der Waals surface area (Å²) in [6, 6.07) is 0. The lowest BCUT2D eigenvalue weighted by atomic mass is 9.64. The Bertz CT molecular complexity index is 294. The molecule has 1 saturated heterocycles. The molecule has 21 heavy (non-hydrogen) atoms. The first-order valence-corrected chi connectivity index (χ1v) is 9.25. The highest BCUT2D eigenvalue weighted by molar-refractivity contribution is 4.87. The van der Waals surface area contributed by atoms with Crippen LogP contribution in [0.3, 0.4) is 0 Å². The normalized spacial score (nSPS) is 30.7. The van der Waals surface area contributed by atoms with Crippen molar-refractivity contribution in [2.24, 2.45) is 29.1 Å². The van der Waals surface area contributed by atoms with Crippen molar-refractivity contribution in [2.45, 2.75) is 66.2 Å². The molecule has 2 rings (SSSR count). The standard InChI is InChI=1S/C19H37NO/c1-15(2)13-20-14-17-5-8-19(3,4)12-18(17)11-16-6-9-21-10-7-16/h15-18,20H,5-14H2,1-4H3. The summed E-state index contributed by atoms with van der Waals surface area (Å²) in [5, 5.41) is 3.72. The smallest absolute Gasteiger partial charge is 0.0468 e. The van der Waals surface area contributed by atoms with Gasteiger partial charge < -0.3 is 10.1 Å². The minimum Gasteiger partial charge on any atom is -0.381 e. The summed E-state index contributed by atoms with van der Waals surface area (Å²) in [5.41, 5.74) is 0.560. The Morgan fingerprint density at radius 3 is 2.48 bits per heavy atom. The highest BCUT2D eigenvalue weighted by Crippen LogP contribution is 2.45. The van der Waals surface area contributed by atoms with E-state index < -0.39 is 0 Å². The summed E-state index contributed by atoms with van der Waals surface area (Å²) in [6.45, 7) is 14.0. The molecule has 2 nitrogen and oxygen atoms in total. The largest absolute Gasteiger partial charge is 0.381 e. The first kappa shape index (κ1) is 17.3. The van der Waals surface area contributed by atoms with Crippen molar-refractivity contribution < 1.29 is 4.74 Å². The van der Waals surface area contributed by atoms with Crippen LogP contribution in [0, 0.1) is 29.1 Å². The van der Waals surface area contributed by atoms with Crippen LogP contribution >= 0.6 is 0 Å². The molecule has 2 heteroatoms. The molecule has 1 saturated carbocycles. The van der Waals surface area contributed by atoms with Gasteiger partial charge in [-0.05, 0) is 80.7 Å². The Labute approximate surface area is 132 Å². The Morgan fingerprint density at radius 2 is 1.81 bits per heavy atom. The molecule has 0 aromatic carbocycles. The van der Waals surface area contributed by atoms with Gasteiger partial charge in [0.05, 0.1) is 0 Å². The van der Waals surface area contributed by atoms with Crippen molar-refractivity contribution in [3.05, 3.63) is 0 Å². The predicted molar refractivity (Wildman–Crippen MR) is 90.5 cm³/mol. The van der Waals surface area contributed by atoms with E-state index in [1.807, 2.05) is 0 Å². The minimum absolute atomic E-state index is 0.560. The Hall–Kier alpha value is -0.0800. The maximum absolute atomic E-state index is 5.54. The van der Waals surface area contributed by atoms with Crippen LogP contribution in [0.25, 0.3) is 0 Å². The molecule has 0 amide bonds. The van der Waals surface area contributed by atoms with Gasteiger partial charge in [-0.2, -0.15) is 0 Å². The SMILES string of the molecule is CC(C)CNCC1CCC(C)(C)CC1CC1CCOCC1. The number of ether oxygens (including phenoxy) is 1. The molecular weight excluding hydrogens is 258 g/mol. The zero-order chi connectivity index (χ0) is 15.3. The first-order chi connectivity index (χ1) is 9.96. The van der Waals surface area contributed by atoms with Crippen LogP contribution in [-0.2, 0) is 4.74 Å². The second-order valence-electron chi connectivity index (χ2n) is 8.77. The average molecular weight is 296 g/mol. The van der Waals surface area contributed by atoms with E-state index in [0.29, 0.717) is 5.41 Å². The Balaban J connectivity index is 1.86. The molecule has 0 bridgehead atoms. The molecule has 2 atom stereocenters. The molecule has 1 heterocycles. The van der Waals surface area contributed by atoms with E-state index >= 15 is 0 Å². The lowest BCUT2D eigenvalue weighted by Crippen LogP contribution is -2.38. The summed E-state index contributed by atoms with van der Waals surface area (Å²) < 4.78 is 5.54. The third-order valence-electron chi connectivity index (χ3n) is 5.61. The molecule has 0 radical (unpaired) electrons. The summed E-state index contributed by atoms with van der Waals surface area (Å²) in [6.07, 6.45) is 8.29. The highest BCUT2D eigenvalue weighted by atomic mass is 16.5. The van der Waals surface area contributed by atoms with E-state index in [-0.39, 0.29) is 0 Å². The van der Waals surface area contributed by atoms with E-state index in [9.17, 15) is 0 Å². The topological polar surface area (TPSA) is 21.3 Å². The highest BCUT2D eigenvalue weighted by Gasteiger charge is 2.35. The second-order valence-corrected chi connectivity index (χ2v) is 8.77. The molecule has 2 fully saturated rings. The molecule has 0 aromatic rings. The van der Waals surface area contributed by atoms with Gasteiger partial charge in [0.2, 0.25) is 0 Å². The van der Waals surface area contributed by atoms with Crippen LogP contribution in [-0.4, -0.2) is 26.3 Å². The van der Waals surface area contributed by atoms with Gasteiger partial charge in [-0.15, -0.1) is 0 Å². The quantitative estimate of drug-likeness (QED) is 0.779. The molecule has 2 aliphatic rings. The maximum Gasteiger partial charge on any atom is 0.0468 e. The zero-order valence-corrected chi connectivity index (χ0v) is 14.8. The van der Waals surface area contributed by atoms with Crippen LogP contribution in [0.5, 0.6) is 0 Å². The maximum atomic E-state index is 5.54. The average Bonchev–Trinajstić information content (AvgIpc) is 2.41. The number of nitrogens with one attached hydrogen (secondary N) is 1. The number of hydrogen-bond donors (Lipinski definition) is 1. The van der Waals surface area contributed by atoms with Crippen molar-refractivity contribution in [3.63, 3.8) is 0 Å². The van der Waals surface area contributed by atoms with Crippen LogP contribution in [0.2, 0.25) is 0 Å². The monoisotopic (exact) mass is 295 g/mol. The third kappa shape index (κ3) is 5.90. The van der Waals surface area contributed by atoms with Crippen LogP contribution in [0.15, 0.2) is 0 Å². The van der Waals surface area contributed by atoms with Gasteiger partial charge in [0.15, 0.2) is 0 Å². The predicted octanol–water partition coefficient (Wildman–Crippen LogP) is 4.49. The van der Waals surface area contributed by atoms with E-state index in [2.05, 4.69) is 33.0 Å². The van der Waals surface area contributed by atoms with Crippen molar-refractivity contribution in [3.8, 4) is 0 Å². The Kier molecular flexibility index (Phi) is 6.55. The molecule has 1 aliphatic carbocycles. The van der Waals surface area contributed by atoms with Gasteiger partial charge >= 0.3 is 0 Å². The van der Waals surface area contributed by atoms with Crippen molar-refractivity contribution in [1.29, 1.82) is 0 Å². The van der Waals surface area contributed by atoms with Gasteiger partial charge in [-0.1, -0.05) is 27.7 Å². The van der Waals surface area contributed by atoms with Gasteiger partial charge in [-0.3, -0.25) is 0 Å².